The second kappa shape index (κ2) is 18.1. The number of aliphatic hydroxyl groups is 1. The van der Waals surface area contributed by atoms with Gasteiger partial charge in [-0.1, -0.05) is 72.8 Å². The number of hydrogen-bond donors (Lipinski definition) is 2. The number of hydrogen-bond acceptors (Lipinski definition) is 9. The zero-order valence-electron chi connectivity index (χ0n) is 32.0. The van der Waals surface area contributed by atoms with E-state index >= 15 is 9.59 Å². The van der Waals surface area contributed by atoms with E-state index in [-0.39, 0.29) is 31.9 Å². The highest BCUT2D eigenvalue weighted by atomic mass is 16.6. The number of rotatable bonds is 19. The summed E-state index contributed by atoms with van der Waals surface area (Å²) in [6, 6.07) is 22.7. The minimum Gasteiger partial charge on any atom is -0.497 e. The number of benzene rings is 3. The maximum atomic E-state index is 15.1. The van der Waals surface area contributed by atoms with E-state index in [9.17, 15) is 14.7 Å². The fraction of sp³-hybridized carbons (Fsp3) is 0.409. The second-order valence-corrected chi connectivity index (χ2v) is 14.5. The van der Waals surface area contributed by atoms with Gasteiger partial charge in [-0.3, -0.25) is 19.2 Å². The molecule has 8 atom stereocenters. The van der Waals surface area contributed by atoms with Gasteiger partial charge in [0.2, 0.25) is 11.8 Å². The molecule has 2 bridgehead atoms. The van der Waals surface area contributed by atoms with E-state index < -0.39 is 72.2 Å². The van der Waals surface area contributed by atoms with Crippen molar-refractivity contribution in [1.82, 2.24) is 10.2 Å². The summed E-state index contributed by atoms with van der Waals surface area (Å²) in [4.78, 5) is 60.9. The second-order valence-electron chi connectivity index (χ2n) is 14.5. The Labute approximate surface area is 328 Å². The molecule has 0 unspecified atom stereocenters. The van der Waals surface area contributed by atoms with Crippen LogP contribution in [0.25, 0.3) is 0 Å². The molecule has 3 aromatic rings. The lowest BCUT2D eigenvalue weighted by Gasteiger charge is -2.39. The predicted octanol–water partition coefficient (Wildman–Crippen LogP) is 4.57. The topological polar surface area (TPSA) is 144 Å². The summed E-state index contributed by atoms with van der Waals surface area (Å²) >= 11 is 0. The standard InChI is InChI=1S/C44H51N3O9/c1-5-7-18-36(49)45-34(28-53-3)39(30-16-12-9-13-17-30)55-43(52)37-35-23-24-44(56-35)38(37)41(50)47(32(27-48)26-29-14-10-8-11-15-29)40(44)42(51)46(25-6-2)31-19-21-33(54-4)22-20-31/h5-6,8-17,19-22,32,34-35,37-40,48H,1-2,7,18,23-28H2,3-4H3,(H,45,49)/t32-,34-,35-,37+,38+,39-,40-,44+/m1/s1. The van der Waals surface area contributed by atoms with Gasteiger partial charge in [0.05, 0.1) is 50.3 Å². The van der Waals surface area contributed by atoms with Crippen molar-refractivity contribution >= 4 is 29.4 Å². The van der Waals surface area contributed by atoms with Crippen molar-refractivity contribution in [3.05, 3.63) is 121 Å². The van der Waals surface area contributed by atoms with Crippen LogP contribution in [0.1, 0.15) is 42.9 Å². The summed E-state index contributed by atoms with van der Waals surface area (Å²) in [6.45, 7) is 7.33. The molecule has 3 aliphatic rings. The molecule has 3 heterocycles. The van der Waals surface area contributed by atoms with Crippen LogP contribution in [0.4, 0.5) is 5.69 Å². The summed E-state index contributed by atoms with van der Waals surface area (Å²) in [7, 11) is 3.05. The van der Waals surface area contributed by atoms with Gasteiger partial charge < -0.3 is 39.2 Å². The van der Waals surface area contributed by atoms with Crippen LogP contribution in [0.2, 0.25) is 0 Å². The van der Waals surface area contributed by atoms with Gasteiger partial charge in [0, 0.05) is 25.8 Å². The number of amides is 3. The number of methoxy groups -OCH3 is 2. The van der Waals surface area contributed by atoms with Gasteiger partial charge in [0.15, 0.2) is 0 Å². The van der Waals surface area contributed by atoms with Crippen molar-refractivity contribution in [2.24, 2.45) is 11.8 Å². The number of ether oxygens (including phenoxy) is 4. The first-order chi connectivity index (χ1) is 27.2. The fourth-order valence-corrected chi connectivity index (χ4v) is 8.66. The summed E-state index contributed by atoms with van der Waals surface area (Å²) in [5, 5.41) is 13.9. The summed E-state index contributed by atoms with van der Waals surface area (Å²) < 4.78 is 24.0. The van der Waals surface area contributed by atoms with E-state index in [1.807, 2.05) is 48.5 Å². The van der Waals surface area contributed by atoms with Gasteiger partial charge in [-0.05, 0) is 61.1 Å². The monoisotopic (exact) mass is 765 g/mol. The third-order valence-electron chi connectivity index (χ3n) is 11.1. The van der Waals surface area contributed by atoms with E-state index in [1.54, 1.807) is 60.6 Å². The van der Waals surface area contributed by atoms with Gasteiger partial charge in [0.1, 0.15) is 23.5 Å². The van der Waals surface area contributed by atoms with Crippen LogP contribution >= 0.6 is 0 Å². The van der Waals surface area contributed by atoms with Crippen LogP contribution in [0.15, 0.2) is 110 Å². The lowest BCUT2D eigenvalue weighted by Crippen LogP contribution is -2.59. The first-order valence-electron chi connectivity index (χ1n) is 19.1. The van der Waals surface area contributed by atoms with Crippen LogP contribution in [-0.2, 0) is 39.8 Å². The van der Waals surface area contributed by atoms with Crippen LogP contribution < -0.4 is 15.0 Å². The number of aliphatic hydroxyl groups excluding tert-OH is 1. The van der Waals surface area contributed by atoms with Gasteiger partial charge >= 0.3 is 5.97 Å². The number of fused-ring (bicyclic) bond motifs is 1. The minimum absolute atomic E-state index is 0.0378. The smallest absolute Gasteiger partial charge is 0.313 e. The van der Waals surface area contributed by atoms with E-state index in [1.165, 1.54) is 12.0 Å². The molecule has 0 aliphatic carbocycles. The number of nitrogens with zero attached hydrogens (tertiary/aromatic N) is 2. The van der Waals surface area contributed by atoms with Gasteiger partial charge in [-0.2, -0.15) is 0 Å². The largest absolute Gasteiger partial charge is 0.497 e. The number of esters is 1. The molecule has 56 heavy (non-hydrogen) atoms. The average molecular weight is 766 g/mol. The Balaban J connectivity index is 1.39. The van der Waals surface area contributed by atoms with Crippen molar-refractivity contribution in [1.29, 1.82) is 0 Å². The van der Waals surface area contributed by atoms with Gasteiger partial charge in [-0.25, -0.2) is 0 Å². The Morgan fingerprint density at radius 3 is 2.34 bits per heavy atom. The molecule has 2 N–H and O–H groups in total. The van der Waals surface area contributed by atoms with Crippen LogP contribution in [0.3, 0.4) is 0 Å². The molecule has 0 aromatic heterocycles. The van der Waals surface area contributed by atoms with E-state index in [0.717, 1.165) is 5.56 Å². The van der Waals surface area contributed by atoms with Crippen molar-refractivity contribution in [3.63, 3.8) is 0 Å². The molecule has 12 nitrogen and oxygen atoms in total. The average Bonchev–Trinajstić information content (AvgIpc) is 3.88. The SMILES string of the molecule is C=CCCC(=O)N[C@H](COC)[C@H](OC(=O)[C@@H]1[C@H]2C(=O)N([C@@H](CO)Cc3ccccc3)[C@H](C(=O)N(CC=C)c3ccc(OC)cc3)[C@]23CC[C@H]1O3)c1ccccc1. The Morgan fingerprint density at radius 2 is 1.71 bits per heavy atom. The van der Waals surface area contributed by atoms with Crippen molar-refractivity contribution in [3.8, 4) is 5.75 Å². The molecule has 3 aliphatic heterocycles. The van der Waals surface area contributed by atoms with Gasteiger partial charge in [0.25, 0.3) is 5.91 Å². The highest BCUT2D eigenvalue weighted by Crippen LogP contribution is 2.59. The highest BCUT2D eigenvalue weighted by molar-refractivity contribution is 6.05. The number of nitrogens with one attached hydrogen (secondary N) is 1. The lowest BCUT2D eigenvalue weighted by atomic mass is 9.70. The highest BCUT2D eigenvalue weighted by Gasteiger charge is 2.76. The number of carbonyl (C=O) groups is 4. The summed E-state index contributed by atoms with van der Waals surface area (Å²) in [5.74, 6) is -3.35. The molecule has 3 amide bonds. The molecule has 6 rings (SSSR count). The Kier molecular flexibility index (Phi) is 13.0. The molecule has 1 spiro atoms. The van der Waals surface area contributed by atoms with E-state index in [0.29, 0.717) is 36.3 Å². The molecule has 3 saturated heterocycles. The van der Waals surface area contributed by atoms with E-state index in [2.05, 4.69) is 18.5 Å². The Morgan fingerprint density at radius 1 is 1.02 bits per heavy atom. The minimum atomic E-state index is -1.38. The molecule has 3 fully saturated rings. The molecule has 296 valence electrons. The van der Waals surface area contributed by atoms with Crippen molar-refractivity contribution < 1.29 is 43.2 Å². The first-order valence-corrected chi connectivity index (χ1v) is 19.1. The fourth-order valence-electron chi connectivity index (χ4n) is 8.66. The molecule has 3 aromatic carbocycles. The van der Waals surface area contributed by atoms with Crippen molar-refractivity contribution in [2.45, 2.75) is 68.0 Å². The quantitative estimate of drug-likeness (QED) is 0.133. The zero-order chi connectivity index (χ0) is 39.8. The number of carbonyl (C=O) groups excluding carboxylic acids is 4. The van der Waals surface area contributed by atoms with Crippen LogP contribution in [0, 0.1) is 11.8 Å². The molecule has 12 heteroatoms. The Bertz CT molecular complexity index is 1860. The maximum absolute atomic E-state index is 15.1. The molecular formula is C44H51N3O9. The number of likely N-dealkylation sites (tertiary alicyclic amines) is 1. The zero-order valence-corrected chi connectivity index (χ0v) is 32.0. The van der Waals surface area contributed by atoms with Crippen LogP contribution in [-0.4, -0.2) is 97.5 Å². The number of allylic oxidation sites excluding steroid dienone is 1. The summed E-state index contributed by atoms with van der Waals surface area (Å²) in [5.41, 5.74) is 0.663. The molecule has 0 radical (unpaired) electrons. The third-order valence-corrected chi connectivity index (χ3v) is 11.1. The normalized spacial score (nSPS) is 23.8. The first kappa shape index (κ1) is 40.4. The van der Waals surface area contributed by atoms with Crippen molar-refractivity contribution in [2.75, 3.05) is 38.9 Å². The predicted molar refractivity (Wildman–Crippen MR) is 210 cm³/mol. The third kappa shape index (κ3) is 8.00. The maximum Gasteiger partial charge on any atom is 0.313 e. The lowest BCUT2D eigenvalue weighted by molar-refractivity contribution is -0.163. The number of anilines is 1. The molecule has 0 saturated carbocycles. The van der Waals surface area contributed by atoms with E-state index in [4.69, 9.17) is 18.9 Å². The van der Waals surface area contributed by atoms with Gasteiger partial charge in [-0.15, -0.1) is 13.2 Å². The Hall–Kier alpha value is -5.30. The molecular weight excluding hydrogens is 714 g/mol. The summed E-state index contributed by atoms with van der Waals surface area (Å²) in [6.07, 6.45) is 3.24. The van der Waals surface area contributed by atoms with Crippen LogP contribution in [0.5, 0.6) is 5.75 Å².